The number of nitrogens with two attached hydrogens (primary N) is 1. The van der Waals surface area contributed by atoms with Crippen molar-refractivity contribution in [3.05, 3.63) is 76.1 Å². The highest BCUT2D eigenvalue weighted by atomic mass is 32.2. The van der Waals surface area contributed by atoms with E-state index in [1.54, 1.807) is 26.1 Å². The molecule has 0 saturated heterocycles. The first kappa shape index (κ1) is 24.2. The van der Waals surface area contributed by atoms with Crippen molar-refractivity contribution in [1.82, 2.24) is 15.3 Å². The van der Waals surface area contributed by atoms with Gasteiger partial charge in [0.2, 0.25) is 5.91 Å². The van der Waals surface area contributed by atoms with Crippen molar-refractivity contribution in [2.75, 3.05) is 18.3 Å². The quantitative estimate of drug-likeness (QED) is 0.249. The summed E-state index contributed by atoms with van der Waals surface area (Å²) in [7, 11) is 0. The van der Waals surface area contributed by atoms with Gasteiger partial charge in [0.15, 0.2) is 0 Å². The van der Waals surface area contributed by atoms with Gasteiger partial charge in [0.1, 0.15) is 17.6 Å². The summed E-state index contributed by atoms with van der Waals surface area (Å²) in [5.74, 6) is 0.125. The van der Waals surface area contributed by atoms with Crippen LogP contribution in [0.1, 0.15) is 35.1 Å². The first-order chi connectivity index (χ1) is 15.9. The molecule has 0 aliphatic heterocycles. The monoisotopic (exact) mass is 466 g/mol. The molecule has 3 rings (SSSR count). The van der Waals surface area contributed by atoms with E-state index in [2.05, 4.69) is 15.3 Å². The van der Waals surface area contributed by atoms with Gasteiger partial charge in [0, 0.05) is 36.9 Å². The fourth-order valence-electron chi connectivity index (χ4n) is 3.19. The van der Waals surface area contributed by atoms with Crippen molar-refractivity contribution in [1.29, 1.82) is 0 Å². The number of nitrogens with one attached hydrogen (secondary N) is 1. The fraction of sp³-hybridized carbons (Fsp3) is 0.250. The number of hydrogen-bond donors (Lipinski definition) is 3. The number of benzene rings is 2. The number of aliphatic hydroxyl groups is 1. The van der Waals surface area contributed by atoms with Gasteiger partial charge < -0.3 is 20.9 Å². The second-order valence-corrected chi connectivity index (χ2v) is 8.27. The summed E-state index contributed by atoms with van der Waals surface area (Å²) in [4.78, 5) is 34.0. The molecule has 8 nitrogen and oxygen atoms in total. The zero-order valence-electron chi connectivity index (χ0n) is 18.5. The van der Waals surface area contributed by atoms with E-state index in [1.807, 2.05) is 36.4 Å². The lowest BCUT2D eigenvalue weighted by Crippen LogP contribution is -2.25. The Kier molecular flexibility index (Phi) is 8.39. The minimum Gasteiger partial charge on any atom is -0.451 e. The summed E-state index contributed by atoms with van der Waals surface area (Å²) in [6.07, 6.45) is 1.85. The number of nitrogens with zero attached hydrogens (tertiary/aromatic N) is 2. The average Bonchev–Trinajstić information content (AvgIpc) is 2.81. The molecule has 33 heavy (non-hydrogen) atoms. The van der Waals surface area contributed by atoms with E-state index in [9.17, 15) is 14.7 Å². The Bertz CT molecular complexity index is 1190. The normalized spacial score (nSPS) is 11.7. The molecular formula is C24H26N4O4S. The van der Waals surface area contributed by atoms with Crippen molar-refractivity contribution < 1.29 is 19.4 Å². The van der Waals surface area contributed by atoms with Gasteiger partial charge in [-0.3, -0.25) is 4.79 Å². The number of amides is 1. The van der Waals surface area contributed by atoms with Gasteiger partial charge in [0.25, 0.3) is 0 Å². The Morgan fingerprint density at radius 2 is 1.94 bits per heavy atom. The van der Waals surface area contributed by atoms with Gasteiger partial charge >= 0.3 is 5.97 Å². The number of carbonyl (C=O) groups excluding carboxylic acids is 2. The summed E-state index contributed by atoms with van der Waals surface area (Å²) >= 11 is 1.20. The predicted octanol–water partition coefficient (Wildman–Crippen LogP) is 3.34. The third-order valence-corrected chi connectivity index (χ3v) is 6.08. The van der Waals surface area contributed by atoms with E-state index in [1.165, 1.54) is 11.8 Å². The summed E-state index contributed by atoms with van der Waals surface area (Å²) in [5, 5.41) is 14.0. The van der Waals surface area contributed by atoms with Crippen molar-refractivity contribution in [2.45, 2.75) is 26.8 Å². The summed E-state index contributed by atoms with van der Waals surface area (Å²) in [6.45, 7) is 3.43. The topological polar surface area (TPSA) is 127 Å². The predicted molar refractivity (Wildman–Crippen MR) is 129 cm³/mol. The molecule has 0 fully saturated rings. The van der Waals surface area contributed by atoms with Crippen molar-refractivity contribution in [2.24, 2.45) is 0 Å². The number of aromatic nitrogens is 2. The lowest BCUT2D eigenvalue weighted by molar-refractivity contribution is -0.117. The molecule has 0 saturated carbocycles. The molecule has 172 valence electrons. The highest BCUT2D eigenvalue weighted by Crippen LogP contribution is 2.25. The fourth-order valence-corrected chi connectivity index (χ4v) is 4.04. The third-order valence-electron chi connectivity index (χ3n) is 4.99. The summed E-state index contributed by atoms with van der Waals surface area (Å²) in [5.41, 5.74) is 7.39. The number of esters is 1. The number of hydrogen-bond acceptors (Lipinski definition) is 8. The number of rotatable bonds is 9. The molecule has 1 heterocycles. The van der Waals surface area contributed by atoms with Gasteiger partial charge in [-0.25, -0.2) is 14.8 Å². The lowest BCUT2D eigenvalue weighted by atomic mass is 10.1. The van der Waals surface area contributed by atoms with E-state index >= 15 is 0 Å². The van der Waals surface area contributed by atoms with Gasteiger partial charge in [-0.05, 0) is 35.6 Å². The Labute approximate surface area is 196 Å². The van der Waals surface area contributed by atoms with Crippen LogP contribution in [0.5, 0.6) is 0 Å². The van der Waals surface area contributed by atoms with Gasteiger partial charge in [-0.15, -0.1) is 0 Å². The Hall–Kier alpha value is -3.43. The van der Waals surface area contributed by atoms with E-state index in [0.29, 0.717) is 33.2 Å². The van der Waals surface area contributed by atoms with Gasteiger partial charge in [-0.2, -0.15) is 0 Å². The minimum atomic E-state index is -0.445. The minimum absolute atomic E-state index is 0.0146. The number of aliphatic hydroxyl groups excluding tert-OH is 1. The van der Waals surface area contributed by atoms with E-state index in [4.69, 9.17) is 10.5 Å². The number of thioether (sulfide) groups is 1. The second kappa shape index (κ2) is 11.4. The highest BCUT2D eigenvalue weighted by Gasteiger charge is 2.15. The Balaban J connectivity index is 1.62. The zero-order chi connectivity index (χ0) is 23.8. The standard InChI is InChI=1S/C24H26N4O4S/c1-15(23(30)27-13-18-12-26-16(2)28-22(18)25)21(10-11-29)33-14-32-24(31)20-9-5-7-17-6-3-4-8-19(17)20/h3-9,12,29H,10-11,13-14H2,1-2H3,(H,27,30)(H2,25,26,28)/b21-15-. The van der Waals surface area contributed by atoms with Crippen LogP contribution in [0.4, 0.5) is 5.82 Å². The van der Waals surface area contributed by atoms with E-state index in [-0.39, 0.29) is 31.4 Å². The van der Waals surface area contributed by atoms with Crippen molar-refractivity contribution >= 4 is 40.2 Å². The van der Waals surface area contributed by atoms with E-state index < -0.39 is 5.97 Å². The summed E-state index contributed by atoms with van der Waals surface area (Å²) < 4.78 is 5.44. The number of aryl methyl sites for hydroxylation is 1. The molecule has 0 spiro atoms. The molecule has 9 heteroatoms. The smallest absolute Gasteiger partial charge is 0.339 e. The maximum absolute atomic E-state index is 12.6. The Morgan fingerprint density at radius 3 is 2.70 bits per heavy atom. The van der Waals surface area contributed by atoms with Crippen molar-refractivity contribution in [3.63, 3.8) is 0 Å². The lowest BCUT2D eigenvalue weighted by Gasteiger charge is -2.13. The molecular weight excluding hydrogens is 440 g/mol. The maximum atomic E-state index is 12.6. The number of nitrogen functional groups attached to an aromatic ring is 1. The first-order valence-corrected chi connectivity index (χ1v) is 11.3. The van der Waals surface area contributed by atoms with E-state index in [0.717, 1.165) is 10.8 Å². The summed E-state index contributed by atoms with van der Waals surface area (Å²) in [6, 6.07) is 13.0. The van der Waals surface area contributed by atoms with Crippen LogP contribution in [0.2, 0.25) is 0 Å². The molecule has 0 atom stereocenters. The second-order valence-electron chi connectivity index (χ2n) is 7.25. The SMILES string of the molecule is C/C(C(=O)NCc1cnc(C)nc1N)=C(\CCO)SCOC(=O)c1cccc2ccccc12. The molecule has 0 radical (unpaired) electrons. The Morgan fingerprint density at radius 1 is 1.18 bits per heavy atom. The van der Waals surface area contributed by atoms with Crippen LogP contribution >= 0.6 is 11.8 Å². The molecule has 1 aromatic heterocycles. The van der Waals surface area contributed by atoms with Crippen LogP contribution in [0, 0.1) is 6.92 Å². The van der Waals surface area contributed by atoms with Crippen LogP contribution in [-0.4, -0.2) is 39.5 Å². The molecule has 0 bridgehead atoms. The van der Waals surface area contributed by atoms with Crippen molar-refractivity contribution in [3.8, 4) is 0 Å². The molecule has 0 unspecified atom stereocenters. The number of anilines is 1. The molecule has 3 aromatic rings. The number of fused-ring (bicyclic) bond motifs is 1. The largest absolute Gasteiger partial charge is 0.451 e. The van der Waals surface area contributed by atoms with Gasteiger partial charge in [-0.1, -0.05) is 48.2 Å². The molecule has 0 aliphatic rings. The first-order valence-electron chi connectivity index (χ1n) is 10.3. The average molecular weight is 467 g/mol. The number of ether oxygens (including phenoxy) is 1. The molecule has 1 amide bonds. The molecule has 2 aromatic carbocycles. The van der Waals surface area contributed by atoms with Crippen LogP contribution < -0.4 is 11.1 Å². The zero-order valence-corrected chi connectivity index (χ0v) is 19.3. The molecule has 0 aliphatic carbocycles. The molecule has 4 N–H and O–H groups in total. The van der Waals surface area contributed by atoms with Crippen LogP contribution in [-0.2, 0) is 16.1 Å². The number of carbonyl (C=O) groups is 2. The van der Waals surface area contributed by atoms with Crippen LogP contribution in [0.25, 0.3) is 10.8 Å². The van der Waals surface area contributed by atoms with Gasteiger partial charge in [0.05, 0.1) is 5.56 Å². The third kappa shape index (κ3) is 6.30. The highest BCUT2D eigenvalue weighted by molar-refractivity contribution is 8.03. The van der Waals surface area contributed by atoms with Crippen LogP contribution in [0.15, 0.2) is 59.1 Å². The van der Waals surface area contributed by atoms with Crippen LogP contribution in [0.3, 0.4) is 0 Å². The maximum Gasteiger partial charge on any atom is 0.339 e.